The van der Waals surface area contributed by atoms with Crippen LogP contribution >= 0.6 is 11.6 Å². The number of carbonyl (C=O) groups is 1. The van der Waals surface area contributed by atoms with Crippen molar-refractivity contribution in [2.24, 2.45) is 12.8 Å². The fourth-order valence-electron chi connectivity index (χ4n) is 4.17. The zero-order valence-electron chi connectivity index (χ0n) is 20.1. The molecule has 5 N–H and O–H groups in total. The zero-order chi connectivity index (χ0) is 26.6. The van der Waals surface area contributed by atoms with E-state index in [0.717, 1.165) is 12.1 Å². The molecule has 182 valence electrons. The number of nitrogens with two attached hydrogens (primary N) is 2. The number of hydrogen-bond acceptors (Lipinski definition) is 7. The maximum Gasteiger partial charge on any atom is 0.261 e. The Labute approximate surface area is 209 Å². The number of carbonyl (C=O) groups excluding carboxylic acids is 1. The normalized spacial score (nSPS) is 13.5. The predicted molar refractivity (Wildman–Crippen MR) is 135 cm³/mol. The minimum absolute atomic E-state index is 0.0932. The lowest BCUT2D eigenvalue weighted by atomic mass is 10.0. The number of fused-ring (bicyclic) bond motifs is 3. The number of primary amides is 1. The van der Waals surface area contributed by atoms with Crippen LogP contribution in [-0.2, 0) is 7.05 Å². The third kappa shape index (κ3) is 3.79. The Morgan fingerprint density at radius 2 is 1.94 bits per heavy atom. The lowest BCUT2D eigenvalue weighted by Gasteiger charge is -2.21. The Hall–Kier alpha value is -4.51. The van der Waals surface area contributed by atoms with Crippen LogP contribution in [-0.4, -0.2) is 29.8 Å². The molecule has 5 rings (SSSR count). The second kappa shape index (κ2) is 8.61. The van der Waals surface area contributed by atoms with E-state index in [1.54, 1.807) is 17.5 Å². The number of nitrogen functional groups attached to an aromatic ring is 1. The number of halogens is 2. The van der Waals surface area contributed by atoms with Crippen molar-refractivity contribution in [1.29, 1.82) is 0 Å². The van der Waals surface area contributed by atoms with Gasteiger partial charge in [0.2, 0.25) is 5.95 Å². The Balaban J connectivity index is 1.79. The van der Waals surface area contributed by atoms with Gasteiger partial charge in [0.05, 0.1) is 23.9 Å². The average Bonchev–Trinajstić information content (AvgIpc) is 3.28. The molecule has 36 heavy (non-hydrogen) atoms. The van der Waals surface area contributed by atoms with Gasteiger partial charge in [0.25, 0.3) is 11.5 Å². The van der Waals surface area contributed by atoms with Crippen molar-refractivity contribution in [2.75, 3.05) is 11.1 Å². The summed E-state index contributed by atoms with van der Waals surface area (Å²) in [7, 11) is 1.59. The van der Waals surface area contributed by atoms with E-state index in [-0.39, 0.29) is 33.2 Å². The molecule has 5 aromatic rings. The lowest BCUT2D eigenvalue weighted by Crippen LogP contribution is -2.22. The van der Waals surface area contributed by atoms with Crippen LogP contribution in [0.1, 0.15) is 30.2 Å². The Morgan fingerprint density at radius 1 is 1.22 bits per heavy atom. The summed E-state index contributed by atoms with van der Waals surface area (Å²) in [6, 6.07) is 4.84. The van der Waals surface area contributed by atoms with E-state index in [4.69, 9.17) is 23.1 Å². The number of benzene rings is 2. The van der Waals surface area contributed by atoms with Gasteiger partial charge in [0.1, 0.15) is 23.5 Å². The number of aryl methyl sites for hydroxylation is 1. The molecule has 0 aliphatic carbocycles. The molecule has 0 aliphatic heterocycles. The van der Waals surface area contributed by atoms with Crippen LogP contribution in [0.5, 0.6) is 0 Å². The summed E-state index contributed by atoms with van der Waals surface area (Å²) in [6.45, 7) is 1.52. The summed E-state index contributed by atoms with van der Waals surface area (Å²) < 4.78 is 26.0. The summed E-state index contributed by atoms with van der Waals surface area (Å²) in [6.07, 6.45) is 4.51. The topological polar surface area (TPSA) is 146 Å². The van der Waals surface area contributed by atoms with Crippen molar-refractivity contribution in [3.63, 3.8) is 0 Å². The molecular formula is C24H20ClFN8O2. The molecule has 2 aromatic carbocycles. The van der Waals surface area contributed by atoms with E-state index < -0.39 is 17.7 Å². The molecule has 0 spiro atoms. The second-order valence-electron chi connectivity index (χ2n) is 8.13. The van der Waals surface area contributed by atoms with Crippen LogP contribution in [0.3, 0.4) is 0 Å². The van der Waals surface area contributed by atoms with Gasteiger partial charge in [-0.3, -0.25) is 18.6 Å². The maximum atomic E-state index is 13.8. The molecule has 3 aromatic heterocycles. The number of hydrogen-bond donors (Lipinski definition) is 3. The zero-order valence-corrected chi connectivity index (χ0v) is 19.8. The molecule has 0 radical (unpaired) electrons. The van der Waals surface area contributed by atoms with E-state index in [0.29, 0.717) is 28.0 Å². The predicted octanol–water partition coefficient (Wildman–Crippen LogP) is 3.29. The van der Waals surface area contributed by atoms with E-state index in [1.165, 1.54) is 42.3 Å². The Bertz CT molecular complexity index is 1780. The molecule has 1 amide bonds. The van der Waals surface area contributed by atoms with Gasteiger partial charge in [-0.2, -0.15) is 0 Å². The molecule has 10 nitrogen and oxygen atoms in total. The van der Waals surface area contributed by atoms with E-state index in [1.807, 2.05) is 0 Å². The van der Waals surface area contributed by atoms with Gasteiger partial charge >= 0.3 is 0 Å². The smallest absolute Gasteiger partial charge is 0.261 e. The van der Waals surface area contributed by atoms with Gasteiger partial charge in [-0.05, 0) is 37.3 Å². The van der Waals surface area contributed by atoms with E-state index in [9.17, 15) is 15.4 Å². The number of anilines is 2. The highest BCUT2D eigenvalue weighted by molar-refractivity contribution is 6.31. The minimum Gasteiger partial charge on any atom is -0.378 e. The van der Waals surface area contributed by atoms with Gasteiger partial charge in [-0.25, -0.2) is 19.3 Å². The molecule has 0 saturated heterocycles. The third-order valence-electron chi connectivity index (χ3n) is 5.83. The minimum atomic E-state index is -1.67. The van der Waals surface area contributed by atoms with Gasteiger partial charge in [0.15, 0.2) is 0 Å². The summed E-state index contributed by atoms with van der Waals surface area (Å²) in [5, 5.41) is 3.40. The van der Waals surface area contributed by atoms with Crippen molar-refractivity contribution >= 4 is 45.7 Å². The van der Waals surface area contributed by atoms with Gasteiger partial charge in [-0.1, -0.05) is 11.6 Å². The van der Waals surface area contributed by atoms with Crippen molar-refractivity contribution in [2.45, 2.75) is 12.9 Å². The van der Waals surface area contributed by atoms with Crippen molar-refractivity contribution in [3.8, 4) is 11.3 Å². The number of aromatic nitrogens is 5. The molecule has 1 atom stereocenters. The van der Waals surface area contributed by atoms with Crippen LogP contribution in [0.2, 0.25) is 5.02 Å². The first-order chi connectivity index (χ1) is 17.5. The molecular weight excluding hydrogens is 487 g/mol. The third-order valence-corrected chi connectivity index (χ3v) is 6.05. The summed E-state index contributed by atoms with van der Waals surface area (Å²) in [4.78, 5) is 37.9. The highest BCUT2D eigenvalue weighted by Gasteiger charge is 2.22. The molecule has 0 aliphatic rings. The molecule has 0 fully saturated rings. The van der Waals surface area contributed by atoms with Crippen LogP contribution < -0.4 is 22.3 Å². The summed E-state index contributed by atoms with van der Waals surface area (Å²) in [5.41, 5.74) is 12.7. The number of rotatable bonds is 5. The molecule has 12 heteroatoms. The van der Waals surface area contributed by atoms with Crippen LogP contribution in [0, 0.1) is 5.82 Å². The monoisotopic (exact) mass is 507 g/mol. The lowest BCUT2D eigenvalue weighted by molar-refractivity contribution is 0.100. The summed E-state index contributed by atoms with van der Waals surface area (Å²) >= 11 is 6.39. The maximum absolute atomic E-state index is 13.8. The first-order valence-corrected chi connectivity index (χ1v) is 11.0. The van der Waals surface area contributed by atoms with Crippen molar-refractivity contribution < 1.29 is 10.6 Å². The largest absolute Gasteiger partial charge is 0.378 e. The van der Waals surface area contributed by atoms with Gasteiger partial charge in [0, 0.05) is 41.3 Å². The first kappa shape index (κ1) is 22.0. The standard InChI is InChI=1S/C24H20ClFN8O2/c1-11(32-18-4-3-14(26)7-16(18)21(27)35)15-5-13(25)6-17-20(15)34-10-31-19(22(34)33(2)23(17)36)12-8-29-24(28)30-9-12/h3-11,32H,1-2H3,(H2,27,35)(H2,28,29,30)/i11D. The van der Waals surface area contributed by atoms with Crippen LogP contribution in [0.4, 0.5) is 16.0 Å². The SMILES string of the molecule is [2H]C(C)(Nc1ccc(F)cc1C(N)=O)c1cc(Cl)cc2c(=O)n(C)c3c(-c4cnc(N)nc4)ncn3c12. The Morgan fingerprint density at radius 3 is 2.64 bits per heavy atom. The fourth-order valence-corrected chi connectivity index (χ4v) is 4.39. The number of nitrogens with zero attached hydrogens (tertiary/aromatic N) is 5. The fraction of sp³-hybridized carbons (Fsp3) is 0.125. The van der Waals surface area contributed by atoms with Crippen LogP contribution in [0.15, 0.2) is 53.8 Å². The Kier molecular flexibility index (Phi) is 5.26. The molecule has 0 saturated carbocycles. The number of nitrogens with one attached hydrogen (secondary N) is 1. The van der Waals surface area contributed by atoms with Gasteiger partial charge < -0.3 is 16.8 Å². The molecule has 0 bridgehead atoms. The van der Waals surface area contributed by atoms with E-state index in [2.05, 4.69) is 20.3 Å². The van der Waals surface area contributed by atoms with Crippen molar-refractivity contribution in [3.05, 3.63) is 81.4 Å². The van der Waals surface area contributed by atoms with E-state index >= 15 is 0 Å². The summed E-state index contributed by atoms with van der Waals surface area (Å²) in [5.74, 6) is -1.42. The van der Waals surface area contributed by atoms with Crippen molar-refractivity contribution in [1.82, 2.24) is 23.9 Å². The molecule has 1 unspecified atom stereocenters. The van der Waals surface area contributed by atoms with Crippen LogP contribution in [0.25, 0.3) is 27.8 Å². The first-order valence-electron chi connectivity index (χ1n) is 11.1. The van der Waals surface area contributed by atoms with Gasteiger partial charge in [-0.15, -0.1) is 0 Å². The number of amides is 1. The average molecular weight is 508 g/mol. The number of imidazole rings is 1. The quantitative estimate of drug-likeness (QED) is 0.331. The highest BCUT2D eigenvalue weighted by atomic mass is 35.5. The highest BCUT2D eigenvalue weighted by Crippen LogP contribution is 2.32. The molecule has 3 heterocycles. The second-order valence-corrected chi connectivity index (χ2v) is 8.57.